The molecule has 1 aliphatic heterocycles. The van der Waals surface area contributed by atoms with Gasteiger partial charge in [0.25, 0.3) is 11.8 Å². The highest BCUT2D eigenvalue weighted by Gasteiger charge is 2.22. The quantitative estimate of drug-likeness (QED) is 0.358. The number of carbonyl (C=O) groups is 2. The molecule has 1 aromatic heterocycles. The van der Waals surface area contributed by atoms with E-state index in [1.807, 2.05) is 55.5 Å². The van der Waals surface area contributed by atoms with Gasteiger partial charge >= 0.3 is 0 Å². The SMILES string of the molecule is Cc1c(Cc2ccc3c(c2)OCO3)sc(NC(=O)c2cccc(Oc3ccccc3)c2)c1C(N)=O. The minimum Gasteiger partial charge on any atom is -0.457 e. The molecule has 176 valence electrons. The number of hydrogen-bond acceptors (Lipinski definition) is 6. The molecule has 5 rings (SSSR count). The number of hydrogen-bond donors (Lipinski definition) is 2. The molecule has 0 unspecified atom stereocenters. The fourth-order valence-electron chi connectivity index (χ4n) is 3.85. The lowest BCUT2D eigenvalue weighted by Gasteiger charge is -2.08. The molecule has 3 aromatic carbocycles. The number of ether oxygens (including phenoxy) is 3. The van der Waals surface area contributed by atoms with Crippen molar-refractivity contribution in [1.29, 1.82) is 0 Å². The van der Waals surface area contributed by atoms with Gasteiger partial charge in [-0.3, -0.25) is 9.59 Å². The molecule has 0 atom stereocenters. The molecule has 35 heavy (non-hydrogen) atoms. The van der Waals surface area contributed by atoms with Gasteiger partial charge in [-0.15, -0.1) is 11.3 Å². The Morgan fingerprint density at radius 2 is 1.74 bits per heavy atom. The maximum atomic E-state index is 13.1. The first-order chi connectivity index (χ1) is 17.0. The van der Waals surface area contributed by atoms with Crippen molar-refractivity contribution in [1.82, 2.24) is 0 Å². The fourth-order valence-corrected chi connectivity index (χ4v) is 5.09. The topological polar surface area (TPSA) is 99.9 Å². The molecule has 0 saturated carbocycles. The molecule has 8 heteroatoms. The molecule has 2 amide bonds. The minimum absolute atomic E-state index is 0.205. The largest absolute Gasteiger partial charge is 0.457 e. The Morgan fingerprint density at radius 3 is 2.54 bits per heavy atom. The summed E-state index contributed by atoms with van der Waals surface area (Å²) >= 11 is 1.34. The van der Waals surface area contributed by atoms with E-state index in [2.05, 4.69) is 5.32 Å². The highest BCUT2D eigenvalue weighted by atomic mass is 32.1. The van der Waals surface area contributed by atoms with Crippen LogP contribution in [0.25, 0.3) is 0 Å². The average molecular weight is 487 g/mol. The first-order valence-electron chi connectivity index (χ1n) is 10.9. The van der Waals surface area contributed by atoms with Crippen LogP contribution < -0.4 is 25.3 Å². The van der Waals surface area contributed by atoms with Gasteiger partial charge in [-0.1, -0.05) is 30.3 Å². The van der Waals surface area contributed by atoms with Crippen molar-refractivity contribution < 1.29 is 23.8 Å². The van der Waals surface area contributed by atoms with E-state index < -0.39 is 5.91 Å². The van der Waals surface area contributed by atoms with Crippen LogP contribution in [0.1, 0.15) is 36.7 Å². The number of amides is 2. The van der Waals surface area contributed by atoms with E-state index in [0.29, 0.717) is 45.5 Å². The van der Waals surface area contributed by atoms with E-state index in [4.69, 9.17) is 19.9 Å². The van der Waals surface area contributed by atoms with Gasteiger partial charge in [0.2, 0.25) is 6.79 Å². The summed E-state index contributed by atoms with van der Waals surface area (Å²) < 4.78 is 16.7. The summed E-state index contributed by atoms with van der Waals surface area (Å²) in [6.07, 6.45) is 0.559. The molecule has 0 radical (unpaired) electrons. The molecule has 0 spiro atoms. The van der Waals surface area contributed by atoms with Gasteiger partial charge < -0.3 is 25.3 Å². The van der Waals surface area contributed by atoms with Crippen molar-refractivity contribution in [3.63, 3.8) is 0 Å². The molecule has 0 saturated heterocycles. The van der Waals surface area contributed by atoms with Crippen LogP contribution in [0.3, 0.4) is 0 Å². The number of para-hydroxylation sites is 1. The summed E-state index contributed by atoms with van der Waals surface area (Å²) in [4.78, 5) is 26.2. The van der Waals surface area contributed by atoms with Gasteiger partial charge in [0.1, 0.15) is 16.5 Å². The van der Waals surface area contributed by atoms with Gasteiger partial charge in [-0.25, -0.2) is 0 Å². The lowest BCUT2D eigenvalue weighted by molar-refractivity contribution is 0.100. The highest BCUT2D eigenvalue weighted by molar-refractivity contribution is 7.17. The third-order valence-electron chi connectivity index (χ3n) is 5.60. The van der Waals surface area contributed by atoms with Crippen LogP contribution in [0, 0.1) is 6.92 Å². The molecule has 0 bridgehead atoms. The Morgan fingerprint density at radius 1 is 0.971 bits per heavy atom. The number of thiophene rings is 1. The molecule has 7 nitrogen and oxygen atoms in total. The van der Waals surface area contributed by atoms with Crippen molar-refractivity contribution in [2.75, 3.05) is 12.1 Å². The van der Waals surface area contributed by atoms with E-state index in [1.54, 1.807) is 24.3 Å². The van der Waals surface area contributed by atoms with Crippen LogP contribution in [-0.2, 0) is 6.42 Å². The number of fused-ring (bicyclic) bond motifs is 1. The predicted octanol–water partition coefficient (Wildman–Crippen LogP) is 5.52. The van der Waals surface area contributed by atoms with Crippen LogP contribution in [0.2, 0.25) is 0 Å². The van der Waals surface area contributed by atoms with E-state index in [9.17, 15) is 9.59 Å². The highest BCUT2D eigenvalue weighted by Crippen LogP contribution is 2.37. The lowest BCUT2D eigenvalue weighted by Crippen LogP contribution is -2.17. The normalized spacial score (nSPS) is 11.8. The number of benzene rings is 3. The lowest BCUT2D eigenvalue weighted by atomic mass is 10.1. The maximum absolute atomic E-state index is 13.1. The number of primary amides is 1. The third-order valence-corrected chi connectivity index (χ3v) is 6.80. The second-order valence-corrected chi connectivity index (χ2v) is 9.09. The summed E-state index contributed by atoms with van der Waals surface area (Å²) in [6.45, 7) is 2.04. The summed E-state index contributed by atoms with van der Waals surface area (Å²) in [5.41, 5.74) is 8.14. The Hall–Kier alpha value is -4.30. The van der Waals surface area contributed by atoms with Gasteiger partial charge in [0.05, 0.1) is 5.56 Å². The molecule has 0 fully saturated rings. The summed E-state index contributed by atoms with van der Waals surface area (Å²) in [5.74, 6) is 1.65. The number of rotatable bonds is 7. The monoisotopic (exact) mass is 486 g/mol. The van der Waals surface area contributed by atoms with Crippen LogP contribution in [-0.4, -0.2) is 18.6 Å². The third kappa shape index (κ3) is 4.83. The zero-order chi connectivity index (χ0) is 24.4. The van der Waals surface area contributed by atoms with Gasteiger partial charge in [-0.2, -0.15) is 0 Å². The molecular formula is C27H22N2O5S. The van der Waals surface area contributed by atoms with Crippen molar-refractivity contribution in [3.05, 3.63) is 99.9 Å². The molecule has 1 aliphatic rings. The van der Waals surface area contributed by atoms with E-state index in [0.717, 1.165) is 16.0 Å². The molecule has 2 heterocycles. The Bertz CT molecular complexity index is 1410. The van der Waals surface area contributed by atoms with Crippen molar-refractivity contribution in [2.24, 2.45) is 5.73 Å². The second-order valence-electron chi connectivity index (χ2n) is 7.98. The van der Waals surface area contributed by atoms with Crippen LogP contribution >= 0.6 is 11.3 Å². The predicted molar refractivity (Wildman–Crippen MR) is 134 cm³/mol. The van der Waals surface area contributed by atoms with Crippen LogP contribution in [0.15, 0.2) is 72.8 Å². The second kappa shape index (κ2) is 9.52. The van der Waals surface area contributed by atoms with E-state index in [-0.39, 0.29) is 12.7 Å². The Labute approximate surface area is 206 Å². The number of nitrogens with two attached hydrogens (primary N) is 1. The fraction of sp³-hybridized carbons (Fsp3) is 0.111. The maximum Gasteiger partial charge on any atom is 0.256 e. The van der Waals surface area contributed by atoms with Gasteiger partial charge in [0.15, 0.2) is 11.5 Å². The summed E-state index contributed by atoms with van der Waals surface area (Å²) in [6, 6.07) is 21.9. The number of anilines is 1. The number of nitrogens with one attached hydrogen (secondary N) is 1. The summed E-state index contributed by atoms with van der Waals surface area (Å²) in [7, 11) is 0. The first-order valence-corrected chi connectivity index (χ1v) is 11.7. The zero-order valence-corrected chi connectivity index (χ0v) is 19.7. The minimum atomic E-state index is -0.591. The average Bonchev–Trinajstić information content (AvgIpc) is 3.43. The summed E-state index contributed by atoms with van der Waals surface area (Å²) in [5, 5.41) is 3.29. The van der Waals surface area contributed by atoms with Crippen LogP contribution in [0.4, 0.5) is 5.00 Å². The first kappa shape index (κ1) is 22.5. The van der Waals surface area contributed by atoms with Gasteiger partial charge in [0, 0.05) is 16.9 Å². The van der Waals surface area contributed by atoms with Crippen molar-refractivity contribution in [2.45, 2.75) is 13.3 Å². The van der Waals surface area contributed by atoms with Crippen molar-refractivity contribution in [3.8, 4) is 23.0 Å². The van der Waals surface area contributed by atoms with E-state index in [1.165, 1.54) is 11.3 Å². The molecule has 4 aromatic rings. The molecule has 3 N–H and O–H groups in total. The van der Waals surface area contributed by atoms with Crippen LogP contribution in [0.5, 0.6) is 23.0 Å². The van der Waals surface area contributed by atoms with Crippen molar-refractivity contribution >= 4 is 28.2 Å². The van der Waals surface area contributed by atoms with Gasteiger partial charge in [-0.05, 0) is 60.5 Å². The standard InChI is InChI=1S/C27H22N2O5S/c1-16-23(13-17-10-11-21-22(12-17)33-15-32-21)35-27(24(16)25(28)30)29-26(31)18-6-5-9-20(14-18)34-19-7-3-2-4-8-19/h2-12,14H,13,15H2,1H3,(H2,28,30)(H,29,31). The molecule has 0 aliphatic carbocycles. The molecular weight excluding hydrogens is 464 g/mol. The zero-order valence-electron chi connectivity index (χ0n) is 18.9. The number of carbonyl (C=O) groups excluding carboxylic acids is 2. The smallest absolute Gasteiger partial charge is 0.256 e. The Balaban J connectivity index is 1.37. The van der Waals surface area contributed by atoms with E-state index >= 15 is 0 Å². The Kier molecular flexibility index (Phi) is 6.12.